The molecule has 22 heavy (non-hydrogen) atoms. The smallest absolute Gasteiger partial charge is 0.217 e. The topological polar surface area (TPSA) is 43.1 Å². The second-order valence-electron chi connectivity index (χ2n) is 6.17. The Hall–Kier alpha value is -0.530. The Morgan fingerprint density at radius 1 is 0.591 bits per heavy atom. The lowest BCUT2D eigenvalue weighted by Gasteiger charge is -2.03. The first-order chi connectivity index (χ1) is 10.8. The molecule has 0 aliphatic rings. The summed E-state index contributed by atoms with van der Waals surface area (Å²) in [6.45, 7) is 6.28. The summed E-state index contributed by atoms with van der Waals surface area (Å²) in [5, 5.41) is 0. The molecule has 1 amide bonds. The molecule has 0 rings (SSSR count). The van der Waals surface area contributed by atoms with Crippen molar-refractivity contribution in [1.29, 1.82) is 0 Å². The van der Waals surface area contributed by atoms with Crippen molar-refractivity contribution >= 4 is 5.91 Å². The summed E-state index contributed by atoms with van der Waals surface area (Å²) in [5.41, 5.74) is 5.11. The van der Waals surface area contributed by atoms with Crippen molar-refractivity contribution in [2.75, 3.05) is 0 Å². The van der Waals surface area contributed by atoms with Crippen LogP contribution in [0.2, 0.25) is 0 Å². The molecule has 0 bridgehead atoms. The van der Waals surface area contributed by atoms with E-state index in [9.17, 15) is 4.79 Å². The monoisotopic (exact) mass is 313 g/mol. The van der Waals surface area contributed by atoms with E-state index in [4.69, 9.17) is 5.73 Å². The molecule has 134 valence electrons. The van der Waals surface area contributed by atoms with E-state index in [2.05, 4.69) is 6.92 Å². The van der Waals surface area contributed by atoms with Crippen molar-refractivity contribution < 1.29 is 4.79 Å². The van der Waals surface area contributed by atoms with Crippen LogP contribution in [0.4, 0.5) is 0 Å². The van der Waals surface area contributed by atoms with E-state index in [-0.39, 0.29) is 5.91 Å². The molecule has 0 aromatic carbocycles. The Balaban J connectivity index is 0. The van der Waals surface area contributed by atoms with E-state index in [0.29, 0.717) is 6.42 Å². The molecule has 0 aromatic rings. The average molecular weight is 314 g/mol. The number of unbranched alkanes of at least 4 members (excludes halogenated alkanes) is 14. The molecule has 0 heterocycles. The summed E-state index contributed by atoms with van der Waals surface area (Å²) in [6, 6.07) is 0. The van der Waals surface area contributed by atoms with Crippen LogP contribution in [-0.4, -0.2) is 5.91 Å². The van der Waals surface area contributed by atoms with Crippen LogP contribution >= 0.6 is 0 Å². The van der Waals surface area contributed by atoms with Crippen LogP contribution in [0.25, 0.3) is 0 Å². The molecule has 0 saturated carbocycles. The Kier molecular flexibility index (Phi) is 24.5. The lowest BCUT2D eigenvalue weighted by molar-refractivity contribution is -0.118. The number of carbonyl (C=O) groups excluding carboxylic acids is 1. The zero-order valence-corrected chi connectivity index (χ0v) is 15.8. The molecule has 0 aromatic heterocycles. The second kappa shape index (κ2) is 22.7. The van der Waals surface area contributed by atoms with Gasteiger partial charge in [0.2, 0.25) is 5.91 Å². The SMILES string of the molecule is CC.CCCCCCCCCCCCCCCCCC(N)=O. The van der Waals surface area contributed by atoms with Gasteiger partial charge in [-0.05, 0) is 6.42 Å². The van der Waals surface area contributed by atoms with E-state index in [1.165, 1.54) is 89.9 Å². The third kappa shape index (κ3) is 24.5. The molecule has 2 heteroatoms. The zero-order valence-electron chi connectivity index (χ0n) is 15.8. The summed E-state index contributed by atoms with van der Waals surface area (Å²) < 4.78 is 0. The van der Waals surface area contributed by atoms with Gasteiger partial charge in [-0.15, -0.1) is 0 Å². The predicted octanol–water partition coefficient (Wildman–Crippen LogP) is 6.76. The molecule has 0 spiro atoms. The van der Waals surface area contributed by atoms with Gasteiger partial charge in [0.05, 0.1) is 0 Å². The lowest BCUT2D eigenvalue weighted by atomic mass is 10.0. The number of hydrogen-bond acceptors (Lipinski definition) is 1. The molecule has 0 fully saturated rings. The quantitative estimate of drug-likeness (QED) is 0.314. The van der Waals surface area contributed by atoms with E-state index >= 15 is 0 Å². The summed E-state index contributed by atoms with van der Waals surface area (Å²) in [5.74, 6) is -0.153. The van der Waals surface area contributed by atoms with Crippen LogP contribution in [-0.2, 0) is 4.79 Å². The molecule has 0 unspecified atom stereocenters. The van der Waals surface area contributed by atoms with Crippen LogP contribution in [0.5, 0.6) is 0 Å². The van der Waals surface area contributed by atoms with Gasteiger partial charge in [0, 0.05) is 6.42 Å². The van der Waals surface area contributed by atoms with Crippen LogP contribution in [0.15, 0.2) is 0 Å². The van der Waals surface area contributed by atoms with E-state index < -0.39 is 0 Å². The summed E-state index contributed by atoms with van der Waals surface area (Å²) in [7, 11) is 0. The van der Waals surface area contributed by atoms with Crippen molar-refractivity contribution in [3.8, 4) is 0 Å². The van der Waals surface area contributed by atoms with E-state index in [1.54, 1.807) is 0 Å². The van der Waals surface area contributed by atoms with E-state index in [0.717, 1.165) is 6.42 Å². The van der Waals surface area contributed by atoms with Gasteiger partial charge in [-0.25, -0.2) is 0 Å². The first kappa shape index (κ1) is 23.7. The van der Waals surface area contributed by atoms with Gasteiger partial charge in [-0.1, -0.05) is 111 Å². The number of carbonyl (C=O) groups is 1. The first-order valence-electron chi connectivity index (χ1n) is 10.1. The van der Waals surface area contributed by atoms with Gasteiger partial charge in [0.1, 0.15) is 0 Å². The highest BCUT2D eigenvalue weighted by Gasteiger charge is 1.96. The predicted molar refractivity (Wildman–Crippen MR) is 100 cm³/mol. The largest absolute Gasteiger partial charge is 0.370 e. The molecule has 0 saturated heterocycles. The molecular weight excluding hydrogens is 270 g/mol. The van der Waals surface area contributed by atoms with Crippen molar-refractivity contribution in [3.05, 3.63) is 0 Å². The fourth-order valence-corrected chi connectivity index (χ4v) is 2.67. The van der Waals surface area contributed by atoms with Gasteiger partial charge in [-0.3, -0.25) is 4.79 Å². The van der Waals surface area contributed by atoms with Crippen LogP contribution in [0.1, 0.15) is 124 Å². The number of rotatable bonds is 16. The summed E-state index contributed by atoms with van der Waals surface area (Å²) >= 11 is 0. The normalized spacial score (nSPS) is 10.1. The van der Waals surface area contributed by atoms with Crippen LogP contribution < -0.4 is 5.73 Å². The Labute approximate surface area is 140 Å². The minimum atomic E-state index is -0.153. The maximum absolute atomic E-state index is 10.6. The highest BCUT2D eigenvalue weighted by Crippen LogP contribution is 2.13. The molecule has 2 N–H and O–H groups in total. The third-order valence-corrected chi connectivity index (χ3v) is 4.03. The second-order valence-corrected chi connectivity index (χ2v) is 6.17. The number of primary amides is 1. The van der Waals surface area contributed by atoms with Gasteiger partial charge in [0.25, 0.3) is 0 Å². The van der Waals surface area contributed by atoms with Gasteiger partial charge >= 0.3 is 0 Å². The summed E-state index contributed by atoms with van der Waals surface area (Å²) in [6.07, 6.45) is 20.9. The number of nitrogens with two attached hydrogens (primary N) is 1. The van der Waals surface area contributed by atoms with Crippen LogP contribution in [0, 0.1) is 0 Å². The molecule has 0 atom stereocenters. The van der Waals surface area contributed by atoms with Crippen molar-refractivity contribution in [2.45, 2.75) is 124 Å². The maximum atomic E-state index is 10.6. The van der Waals surface area contributed by atoms with Gasteiger partial charge in [0.15, 0.2) is 0 Å². The minimum absolute atomic E-state index is 0.153. The molecular formula is C20H43NO. The fourth-order valence-electron chi connectivity index (χ4n) is 2.67. The Morgan fingerprint density at radius 3 is 1.14 bits per heavy atom. The molecule has 0 aliphatic heterocycles. The highest BCUT2D eigenvalue weighted by atomic mass is 16.1. The molecule has 2 nitrogen and oxygen atoms in total. The van der Waals surface area contributed by atoms with Gasteiger partial charge < -0.3 is 5.73 Å². The van der Waals surface area contributed by atoms with Crippen molar-refractivity contribution in [2.24, 2.45) is 5.73 Å². The van der Waals surface area contributed by atoms with Crippen molar-refractivity contribution in [3.63, 3.8) is 0 Å². The zero-order chi connectivity index (χ0) is 16.9. The Morgan fingerprint density at radius 2 is 0.864 bits per heavy atom. The number of amides is 1. The summed E-state index contributed by atoms with van der Waals surface area (Å²) in [4.78, 5) is 10.6. The minimum Gasteiger partial charge on any atom is -0.370 e. The highest BCUT2D eigenvalue weighted by molar-refractivity contribution is 5.73. The standard InChI is InChI=1S/C18H37NO.C2H6/c1-2-3-4-5-6-7-8-9-10-11-12-13-14-15-16-17-18(19)20;1-2/h2-17H2,1H3,(H2,19,20);1-2H3. The number of hydrogen-bond donors (Lipinski definition) is 1. The van der Waals surface area contributed by atoms with Gasteiger partial charge in [-0.2, -0.15) is 0 Å². The molecule has 0 aliphatic carbocycles. The molecule has 0 radical (unpaired) electrons. The first-order valence-corrected chi connectivity index (χ1v) is 10.1. The maximum Gasteiger partial charge on any atom is 0.217 e. The average Bonchev–Trinajstić information content (AvgIpc) is 2.53. The fraction of sp³-hybridized carbons (Fsp3) is 0.950. The lowest BCUT2D eigenvalue weighted by Crippen LogP contribution is -2.09. The van der Waals surface area contributed by atoms with E-state index in [1.807, 2.05) is 13.8 Å². The Bertz CT molecular complexity index is 204. The van der Waals surface area contributed by atoms with Crippen LogP contribution in [0.3, 0.4) is 0 Å². The van der Waals surface area contributed by atoms with Crippen molar-refractivity contribution in [1.82, 2.24) is 0 Å². The third-order valence-electron chi connectivity index (χ3n) is 4.03.